The Morgan fingerprint density at radius 2 is 2.39 bits per heavy atom. The highest BCUT2D eigenvalue weighted by atomic mass is 79.9. The summed E-state index contributed by atoms with van der Waals surface area (Å²) in [6, 6.07) is 5.34. The lowest BCUT2D eigenvalue weighted by atomic mass is 10.2. The number of aliphatic hydroxyl groups excluding tert-OH is 1. The Kier molecular flexibility index (Phi) is 5.88. The summed E-state index contributed by atoms with van der Waals surface area (Å²) in [6.45, 7) is 5.43. The minimum atomic E-state index is -0.644. The van der Waals surface area contributed by atoms with Crippen molar-refractivity contribution in [2.45, 2.75) is 19.6 Å². The standard InChI is InChI=1S/C13H16BrNO3/c1-3-7-15-13(17)9(2)18-12-10(8-16)5-4-6-11(12)14/h3-6,9,16H,1,7-8H2,2H3,(H,15,17). The number of amides is 1. The molecule has 18 heavy (non-hydrogen) atoms. The Labute approximate surface area is 115 Å². The number of carbonyl (C=O) groups excluding carboxylic acids is 1. The van der Waals surface area contributed by atoms with E-state index in [-0.39, 0.29) is 12.5 Å². The van der Waals surface area contributed by atoms with E-state index in [1.54, 1.807) is 31.2 Å². The molecule has 0 aliphatic heterocycles. The Hall–Kier alpha value is -1.33. The van der Waals surface area contributed by atoms with Crippen LogP contribution >= 0.6 is 15.9 Å². The van der Waals surface area contributed by atoms with Crippen molar-refractivity contribution >= 4 is 21.8 Å². The Bertz CT molecular complexity index is 434. The molecular weight excluding hydrogens is 298 g/mol. The van der Waals surface area contributed by atoms with Crippen LogP contribution in [0.4, 0.5) is 0 Å². The highest BCUT2D eigenvalue weighted by Gasteiger charge is 2.17. The van der Waals surface area contributed by atoms with Gasteiger partial charge in [0.15, 0.2) is 6.10 Å². The second-order valence-electron chi connectivity index (χ2n) is 3.68. The molecule has 1 rings (SSSR count). The third kappa shape index (κ3) is 3.85. The number of para-hydroxylation sites is 1. The number of hydrogen-bond acceptors (Lipinski definition) is 3. The first-order valence-electron chi connectivity index (χ1n) is 5.53. The molecule has 0 spiro atoms. The second-order valence-corrected chi connectivity index (χ2v) is 4.53. The lowest BCUT2D eigenvalue weighted by molar-refractivity contribution is -0.127. The number of ether oxygens (including phenoxy) is 1. The SMILES string of the molecule is C=CCNC(=O)C(C)Oc1c(Br)cccc1CO. The number of aliphatic hydroxyl groups is 1. The maximum absolute atomic E-state index is 11.7. The summed E-state index contributed by atoms with van der Waals surface area (Å²) in [5, 5.41) is 11.9. The smallest absolute Gasteiger partial charge is 0.261 e. The van der Waals surface area contributed by atoms with Gasteiger partial charge in [-0.3, -0.25) is 4.79 Å². The zero-order chi connectivity index (χ0) is 13.5. The van der Waals surface area contributed by atoms with Crippen LogP contribution in [-0.2, 0) is 11.4 Å². The van der Waals surface area contributed by atoms with Crippen molar-refractivity contribution < 1.29 is 14.6 Å². The molecule has 4 nitrogen and oxygen atoms in total. The zero-order valence-electron chi connectivity index (χ0n) is 10.1. The number of carbonyl (C=O) groups is 1. The lowest BCUT2D eigenvalue weighted by Crippen LogP contribution is -2.36. The minimum Gasteiger partial charge on any atom is -0.479 e. The maximum Gasteiger partial charge on any atom is 0.261 e. The Morgan fingerprint density at radius 1 is 1.67 bits per heavy atom. The number of rotatable bonds is 6. The molecule has 98 valence electrons. The van der Waals surface area contributed by atoms with Crippen molar-refractivity contribution in [3.8, 4) is 5.75 Å². The summed E-state index contributed by atoms with van der Waals surface area (Å²) in [7, 11) is 0. The molecule has 1 aromatic carbocycles. The van der Waals surface area contributed by atoms with Gasteiger partial charge in [0.25, 0.3) is 5.91 Å². The maximum atomic E-state index is 11.7. The van der Waals surface area contributed by atoms with Crippen molar-refractivity contribution in [3.05, 3.63) is 40.9 Å². The van der Waals surface area contributed by atoms with Crippen molar-refractivity contribution in [2.75, 3.05) is 6.54 Å². The summed E-state index contributed by atoms with van der Waals surface area (Å²) in [5.74, 6) is 0.260. The summed E-state index contributed by atoms with van der Waals surface area (Å²) < 4.78 is 6.28. The van der Waals surface area contributed by atoms with Gasteiger partial charge in [0.1, 0.15) is 5.75 Å². The molecule has 1 atom stereocenters. The van der Waals surface area contributed by atoms with E-state index in [0.29, 0.717) is 22.3 Å². The largest absolute Gasteiger partial charge is 0.479 e. The van der Waals surface area contributed by atoms with E-state index < -0.39 is 6.10 Å². The third-order valence-electron chi connectivity index (χ3n) is 2.30. The van der Waals surface area contributed by atoms with Crippen LogP contribution in [-0.4, -0.2) is 23.7 Å². The minimum absolute atomic E-state index is 0.143. The van der Waals surface area contributed by atoms with Gasteiger partial charge in [-0.05, 0) is 28.9 Å². The Morgan fingerprint density at radius 3 is 3.00 bits per heavy atom. The molecule has 0 aliphatic rings. The third-order valence-corrected chi connectivity index (χ3v) is 2.93. The quantitative estimate of drug-likeness (QED) is 0.790. The van der Waals surface area contributed by atoms with E-state index in [4.69, 9.17) is 4.74 Å². The molecule has 0 saturated heterocycles. The average molecular weight is 314 g/mol. The van der Waals surface area contributed by atoms with Gasteiger partial charge in [-0.2, -0.15) is 0 Å². The average Bonchev–Trinajstić information content (AvgIpc) is 2.38. The first-order valence-corrected chi connectivity index (χ1v) is 6.33. The molecule has 0 bridgehead atoms. The van der Waals surface area contributed by atoms with Gasteiger partial charge in [-0.1, -0.05) is 18.2 Å². The topological polar surface area (TPSA) is 58.6 Å². The molecule has 1 unspecified atom stereocenters. The highest BCUT2D eigenvalue weighted by molar-refractivity contribution is 9.10. The molecule has 0 heterocycles. The Balaban J connectivity index is 2.77. The van der Waals surface area contributed by atoms with Gasteiger partial charge in [0, 0.05) is 12.1 Å². The molecule has 5 heteroatoms. The van der Waals surface area contributed by atoms with E-state index in [0.717, 1.165) is 0 Å². The van der Waals surface area contributed by atoms with E-state index in [9.17, 15) is 9.90 Å². The van der Waals surface area contributed by atoms with Gasteiger partial charge in [0.2, 0.25) is 0 Å². The van der Waals surface area contributed by atoms with Crippen molar-refractivity contribution in [1.82, 2.24) is 5.32 Å². The van der Waals surface area contributed by atoms with Gasteiger partial charge in [-0.25, -0.2) is 0 Å². The molecule has 0 aromatic heterocycles. The van der Waals surface area contributed by atoms with Crippen LogP contribution in [0.15, 0.2) is 35.3 Å². The van der Waals surface area contributed by atoms with Gasteiger partial charge >= 0.3 is 0 Å². The van der Waals surface area contributed by atoms with E-state index in [1.165, 1.54) is 0 Å². The van der Waals surface area contributed by atoms with Crippen LogP contribution in [0.3, 0.4) is 0 Å². The van der Waals surface area contributed by atoms with Crippen molar-refractivity contribution in [1.29, 1.82) is 0 Å². The first-order chi connectivity index (χ1) is 8.60. The number of halogens is 1. The van der Waals surface area contributed by atoms with Crippen molar-refractivity contribution in [3.63, 3.8) is 0 Å². The zero-order valence-corrected chi connectivity index (χ0v) is 11.7. The molecule has 1 amide bonds. The highest BCUT2D eigenvalue weighted by Crippen LogP contribution is 2.29. The normalized spacial score (nSPS) is 11.7. The van der Waals surface area contributed by atoms with Crippen LogP contribution in [0.2, 0.25) is 0 Å². The van der Waals surface area contributed by atoms with Crippen LogP contribution in [0.1, 0.15) is 12.5 Å². The molecule has 0 saturated carbocycles. The van der Waals surface area contributed by atoms with Crippen LogP contribution in [0.25, 0.3) is 0 Å². The number of nitrogens with one attached hydrogen (secondary N) is 1. The molecule has 1 aromatic rings. The van der Waals surface area contributed by atoms with Crippen LogP contribution in [0, 0.1) is 0 Å². The van der Waals surface area contributed by atoms with E-state index in [2.05, 4.69) is 27.8 Å². The number of benzene rings is 1. The first kappa shape index (κ1) is 14.7. The molecule has 0 radical (unpaired) electrons. The lowest BCUT2D eigenvalue weighted by Gasteiger charge is -2.17. The van der Waals surface area contributed by atoms with Gasteiger partial charge < -0.3 is 15.2 Å². The van der Waals surface area contributed by atoms with Gasteiger partial charge in [0.05, 0.1) is 11.1 Å². The van der Waals surface area contributed by atoms with Crippen LogP contribution < -0.4 is 10.1 Å². The molecule has 2 N–H and O–H groups in total. The molecule has 0 aliphatic carbocycles. The summed E-state index contributed by atoms with van der Waals surface area (Å²) in [4.78, 5) is 11.7. The van der Waals surface area contributed by atoms with Gasteiger partial charge in [-0.15, -0.1) is 6.58 Å². The monoisotopic (exact) mass is 313 g/mol. The molecular formula is C13H16BrNO3. The number of hydrogen-bond donors (Lipinski definition) is 2. The predicted molar refractivity (Wildman–Crippen MR) is 73.4 cm³/mol. The fourth-order valence-corrected chi connectivity index (χ4v) is 1.86. The van der Waals surface area contributed by atoms with Crippen LogP contribution in [0.5, 0.6) is 5.75 Å². The van der Waals surface area contributed by atoms with E-state index in [1.807, 2.05) is 0 Å². The summed E-state index contributed by atoms with van der Waals surface area (Å²) in [6.07, 6.45) is 0.955. The predicted octanol–water partition coefficient (Wildman–Crippen LogP) is 2.01. The fourth-order valence-electron chi connectivity index (χ4n) is 1.36. The molecule has 0 fully saturated rings. The fraction of sp³-hybridized carbons (Fsp3) is 0.308. The summed E-state index contributed by atoms with van der Waals surface area (Å²) in [5.41, 5.74) is 0.632. The summed E-state index contributed by atoms with van der Waals surface area (Å²) >= 11 is 3.33. The van der Waals surface area contributed by atoms with Crippen molar-refractivity contribution in [2.24, 2.45) is 0 Å². The second kappa shape index (κ2) is 7.18. The van der Waals surface area contributed by atoms with E-state index >= 15 is 0 Å².